The number of carbonyl (C=O) groups excluding carboxylic acids is 1. The summed E-state index contributed by atoms with van der Waals surface area (Å²) in [5, 5.41) is 2.81. The Hall–Kier alpha value is -2.42. The van der Waals surface area contributed by atoms with Gasteiger partial charge in [0.2, 0.25) is 0 Å². The summed E-state index contributed by atoms with van der Waals surface area (Å²) in [6.45, 7) is 2.39. The molecule has 2 rings (SSSR count). The van der Waals surface area contributed by atoms with Gasteiger partial charge in [0.05, 0.1) is 19.1 Å². The van der Waals surface area contributed by atoms with Crippen molar-refractivity contribution in [3.05, 3.63) is 59.2 Å². The molecule has 0 aliphatic carbocycles. The number of aryl methyl sites for hydroxylation is 1. The van der Waals surface area contributed by atoms with E-state index in [0.717, 1.165) is 21.3 Å². The smallest absolute Gasteiger partial charge is 0.264 e. The highest BCUT2D eigenvalue weighted by molar-refractivity contribution is 7.89. The van der Waals surface area contributed by atoms with Crippen molar-refractivity contribution >= 4 is 15.9 Å². The number of hydroxylamine groups is 1. The maximum absolute atomic E-state index is 12.4. The van der Waals surface area contributed by atoms with Gasteiger partial charge >= 0.3 is 0 Å². The second-order valence-corrected chi connectivity index (χ2v) is 7.88. The maximum Gasteiger partial charge on any atom is 0.264 e. The zero-order valence-corrected chi connectivity index (χ0v) is 16.7. The first-order chi connectivity index (χ1) is 12.8. The molecule has 0 fully saturated rings. The lowest BCUT2D eigenvalue weighted by Crippen LogP contribution is -2.28. The van der Waals surface area contributed by atoms with Gasteiger partial charge in [-0.3, -0.25) is 9.63 Å². The molecule has 0 aliphatic heterocycles. The van der Waals surface area contributed by atoms with Crippen LogP contribution in [0.4, 0.5) is 0 Å². The fourth-order valence-electron chi connectivity index (χ4n) is 2.56. The SMILES string of the molecule is COc1ccc(C)cc1CCNC(=O)c1cccc(S(=O)(=O)N(C)OC)c1. The number of amides is 1. The van der Waals surface area contributed by atoms with E-state index in [9.17, 15) is 13.2 Å². The predicted octanol–water partition coefficient (Wildman–Crippen LogP) is 2.16. The zero-order chi connectivity index (χ0) is 20.0. The molecule has 2 aromatic rings. The number of hydrogen-bond acceptors (Lipinski definition) is 5. The number of benzene rings is 2. The molecule has 146 valence electrons. The molecule has 1 amide bonds. The number of nitrogens with zero attached hydrogens (tertiary/aromatic N) is 1. The van der Waals surface area contributed by atoms with Gasteiger partial charge in [0.1, 0.15) is 5.75 Å². The van der Waals surface area contributed by atoms with Crippen molar-refractivity contribution in [3.8, 4) is 5.75 Å². The van der Waals surface area contributed by atoms with Crippen molar-refractivity contribution < 1.29 is 22.8 Å². The molecule has 0 saturated carbocycles. The second kappa shape index (κ2) is 8.98. The van der Waals surface area contributed by atoms with Crippen LogP contribution in [0.5, 0.6) is 5.75 Å². The van der Waals surface area contributed by atoms with Crippen molar-refractivity contribution in [2.75, 3.05) is 27.8 Å². The Balaban J connectivity index is 2.07. The zero-order valence-electron chi connectivity index (χ0n) is 15.9. The number of methoxy groups -OCH3 is 1. The highest BCUT2D eigenvalue weighted by Crippen LogP contribution is 2.20. The quantitative estimate of drug-likeness (QED) is 0.696. The number of hydrogen-bond donors (Lipinski definition) is 1. The third-order valence-electron chi connectivity index (χ3n) is 4.11. The van der Waals surface area contributed by atoms with Gasteiger partial charge in [-0.2, -0.15) is 0 Å². The van der Waals surface area contributed by atoms with Crippen LogP contribution in [0.25, 0.3) is 0 Å². The number of ether oxygens (including phenoxy) is 1. The molecule has 0 atom stereocenters. The van der Waals surface area contributed by atoms with E-state index in [-0.39, 0.29) is 16.4 Å². The van der Waals surface area contributed by atoms with Crippen molar-refractivity contribution in [3.63, 3.8) is 0 Å². The minimum absolute atomic E-state index is 0.0140. The van der Waals surface area contributed by atoms with Crippen LogP contribution in [0.1, 0.15) is 21.5 Å². The Morgan fingerprint density at radius 2 is 1.89 bits per heavy atom. The van der Waals surface area contributed by atoms with Crippen molar-refractivity contribution in [2.24, 2.45) is 0 Å². The van der Waals surface area contributed by atoms with Crippen molar-refractivity contribution in [1.82, 2.24) is 9.79 Å². The minimum atomic E-state index is -3.81. The summed E-state index contributed by atoms with van der Waals surface area (Å²) < 4.78 is 30.7. The molecule has 0 bridgehead atoms. The average molecular weight is 392 g/mol. The summed E-state index contributed by atoms with van der Waals surface area (Å²) in [4.78, 5) is 17.1. The van der Waals surface area contributed by atoms with Crippen LogP contribution in [-0.2, 0) is 21.3 Å². The van der Waals surface area contributed by atoms with Crippen LogP contribution < -0.4 is 10.1 Å². The molecule has 7 nitrogen and oxygen atoms in total. The molecular weight excluding hydrogens is 368 g/mol. The predicted molar refractivity (Wildman–Crippen MR) is 102 cm³/mol. The summed E-state index contributed by atoms with van der Waals surface area (Å²) in [7, 11) is 0.346. The van der Waals surface area contributed by atoms with Gasteiger partial charge in [-0.15, -0.1) is 0 Å². The monoisotopic (exact) mass is 392 g/mol. The molecule has 0 spiro atoms. The highest BCUT2D eigenvalue weighted by atomic mass is 32.2. The van der Waals surface area contributed by atoms with Gasteiger partial charge in [-0.05, 0) is 43.2 Å². The third kappa shape index (κ3) is 5.06. The van der Waals surface area contributed by atoms with E-state index in [2.05, 4.69) is 5.32 Å². The van der Waals surface area contributed by atoms with Crippen LogP contribution in [0.2, 0.25) is 0 Å². The molecule has 0 saturated heterocycles. The van der Waals surface area contributed by atoms with Crippen molar-refractivity contribution in [1.29, 1.82) is 0 Å². The molecule has 0 radical (unpaired) electrons. The van der Waals surface area contributed by atoms with E-state index < -0.39 is 10.0 Å². The Bertz CT molecular complexity index is 912. The van der Waals surface area contributed by atoms with Gasteiger partial charge in [-0.25, -0.2) is 8.42 Å². The number of carbonyl (C=O) groups is 1. The van der Waals surface area contributed by atoms with Crippen LogP contribution in [0.15, 0.2) is 47.4 Å². The molecule has 0 aliphatic rings. The van der Waals surface area contributed by atoms with Gasteiger partial charge in [0, 0.05) is 19.2 Å². The van der Waals surface area contributed by atoms with Gasteiger partial charge in [0.15, 0.2) is 0 Å². The van der Waals surface area contributed by atoms with Crippen LogP contribution in [-0.4, -0.2) is 46.6 Å². The Morgan fingerprint density at radius 3 is 2.56 bits per heavy atom. The fraction of sp³-hybridized carbons (Fsp3) is 0.316. The lowest BCUT2D eigenvalue weighted by atomic mass is 10.1. The number of sulfonamides is 1. The lowest BCUT2D eigenvalue weighted by molar-refractivity contribution is -0.0258. The number of rotatable bonds is 8. The van der Waals surface area contributed by atoms with E-state index in [1.165, 1.54) is 32.4 Å². The molecular formula is C19H24N2O5S. The molecule has 0 aromatic heterocycles. The first kappa shape index (κ1) is 20.9. The Morgan fingerprint density at radius 1 is 1.15 bits per heavy atom. The number of nitrogens with one attached hydrogen (secondary N) is 1. The first-order valence-corrected chi connectivity index (χ1v) is 9.78. The van der Waals surface area contributed by atoms with Gasteiger partial charge in [-0.1, -0.05) is 28.2 Å². The van der Waals surface area contributed by atoms with Crippen LogP contribution in [0.3, 0.4) is 0 Å². The average Bonchev–Trinajstić information content (AvgIpc) is 2.67. The highest BCUT2D eigenvalue weighted by Gasteiger charge is 2.21. The summed E-state index contributed by atoms with van der Waals surface area (Å²) >= 11 is 0. The molecule has 1 N–H and O–H groups in total. The minimum Gasteiger partial charge on any atom is -0.496 e. The van der Waals surface area contributed by atoms with Gasteiger partial charge < -0.3 is 10.1 Å². The Labute approximate surface area is 159 Å². The molecule has 0 heterocycles. The lowest BCUT2D eigenvalue weighted by Gasteiger charge is -2.14. The second-order valence-electron chi connectivity index (χ2n) is 5.95. The standard InChI is InChI=1S/C19H24N2O5S/c1-14-8-9-18(25-3)15(12-14)10-11-20-19(22)16-6-5-7-17(13-16)27(23,24)21(2)26-4/h5-9,12-13H,10-11H2,1-4H3,(H,20,22). The van der Waals surface area contributed by atoms with Crippen molar-refractivity contribution in [2.45, 2.75) is 18.2 Å². The Kier molecular flexibility index (Phi) is 6.95. The van der Waals surface area contributed by atoms with E-state index in [1.54, 1.807) is 13.2 Å². The first-order valence-electron chi connectivity index (χ1n) is 8.34. The topological polar surface area (TPSA) is 84.9 Å². The molecule has 0 unspecified atom stereocenters. The largest absolute Gasteiger partial charge is 0.496 e. The fourth-order valence-corrected chi connectivity index (χ4v) is 3.58. The summed E-state index contributed by atoms with van der Waals surface area (Å²) in [6, 6.07) is 11.7. The van der Waals surface area contributed by atoms with E-state index in [4.69, 9.17) is 9.57 Å². The summed E-state index contributed by atoms with van der Waals surface area (Å²) in [5.74, 6) is 0.421. The normalized spacial score (nSPS) is 11.4. The molecule has 27 heavy (non-hydrogen) atoms. The summed E-state index contributed by atoms with van der Waals surface area (Å²) in [6.07, 6.45) is 0.598. The summed E-state index contributed by atoms with van der Waals surface area (Å²) in [5.41, 5.74) is 2.37. The third-order valence-corrected chi connectivity index (χ3v) is 5.78. The van der Waals surface area contributed by atoms with Crippen LogP contribution >= 0.6 is 0 Å². The van der Waals surface area contributed by atoms with E-state index >= 15 is 0 Å². The molecule has 8 heteroatoms. The van der Waals surface area contributed by atoms with Gasteiger partial charge in [0.25, 0.3) is 15.9 Å². The maximum atomic E-state index is 12.4. The molecule has 2 aromatic carbocycles. The van der Waals surface area contributed by atoms with E-state index in [0.29, 0.717) is 13.0 Å². The van der Waals surface area contributed by atoms with Crippen LogP contribution in [0, 0.1) is 6.92 Å². The van der Waals surface area contributed by atoms with E-state index in [1.807, 2.05) is 25.1 Å².